The fraction of sp³-hybridized carbons (Fsp3) is 0.165. The van der Waals surface area contributed by atoms with Gasteiger partial charge in [-0.1, -0.05) is 251 Å². The molecule has 11 aromatic carbocycles. The molecule has 6 aliphatic rings. The van der Waals surface area contributed by atoms with Gasteiger partial charge in [0.05, 0.1) is 11.4 Å². The topological polar surface area (TPSA) is 9.72 Å². The van der Waals surface area contributed by atoms with Crippen LogP contribution in [0.3, 0.4) is 0 Å². The molecule has 3 nitrogen and oxygen atoms in total. The van der Waals surface area contributed by atoms with Gasteiger partial charge in [-0.2, -0.15) is 0 Å². The first-order chi connectivity index (χ1) is 40.8. The molecule has 4 fully saturated rings. The van der Waals surface area contributed by atoms with E-state index in [4.69, 9.17) is 0 Å². The lowest BCUT2D eigenvalue weighted by atomic mass is 9.33. The number of rotatable bonds is 9. The van der Waals surface area contributed by atoms with Crippen molar-refractivity contribution in [3.63, 3.8) is 0 Å². The number of fused-ring (bicyclic) bond motifs is 4. The number of hydrogen-bond acceptors (Lipinski definition) is 3. The molecule has 4 heteroatoms. The van der Waals surface area contributed by atoms with Crippen LogP contribution in [-0.2, 0) is 5.41 Å². The third kappa shape index (κ3) is 8.39. The molecule has 17 rings (SSSR count). The van der Waals surface area contributed by atoms with E-state index in [-0.39, 0.29) is 12.1 Å². The van der Waals surface area contributed by atoms with Crippen LogP contribution in [0.5, 0.6) is 0 Å². The zero-order valence-electron chi connectivity index (χ0n) is 47.6. The summed E-state index contributed by atoms with van der Waals surface area (Å²) in [6.07, 6.45) is 6.63. The highest BCUT2D eigenvalue weighted by Crippen LogP contribution is 2.56. The minimum Gasteiger partial charge on any atom is -0.365 e. The fourth-order valence-electron chi connectivity index (χ4n) is 15.7. The highest BCUT2D eigenvalue weighted by Gasteiger charge is 2.49. The monoisotopic (exact) mass is 1070 g/mol. The Hall–Kier alpha value is -9.12. The van der Waals surface area contributed by atoms with Gasteiger partial charge >= 0.3 is 0 Å². The summed E-state index contributed by atoms with van der Waals surface area (Å²) in [7, 11) is 0. The summed E-state index contributed by atoms with van der Waals surface area (Å²) < 4.78 is 0. The standard InChI is InChI=1S/C79H66BN3/c1-79(2,3)62-38-35-55(36-39-62)61-49-74-76-75(50-61)83(78-68(58-27-15-7-16-28-58)33-20-34-69(78)59-29-17-8-18-30-59)73-51-63(81-64-44-52-43-53(46-64)47-65(81)45-52)40-41-70(73)80(76)71-48-60(54-21-9-4-10-22-54)37-42-72(71)82(74)77-66(56-23-11-5-12-24-56)31-19-32-67(77)57-25-13-6-14-26-57/h4-42,48-53,64-65H,43-47H2,1-3H3. The van der Waals surface area contributed by atoms with Crippen molar-refractivity contribution in [2.45, 2.75) is 70.4 Å². The third-order valence-corrected chi connectivity index (χ3v) is 19.3. The van der Waals surface area contributed by atoms with E-state index in [1.165, 1.54) is 155 Å². The average Bonchev–Trinajstić information content (AvgIpc) is 1.36. The van der Waals surface area contributed by atoms with Crippen LogP contribution in [0.4, 0.5) is 39.8 Å². The van der Waals surface area contributed by atoms with Gasteiger partial charge in [0.1, 0.15) is 0 Å². The molecular weight excluding hydrogens is 1000 g/mol. The summed E-state index contributed by atoms with van der Waals surface area (Å²) in [5.41, 5.74) is 28.1. The first kappa shape index (κ1) is 49.7. The summed E-state index contributed by atoms with van der Waals surface area (Å²) >= 11 is 0. The first-order valence-corrected chi connectivity index (χ1v) is 30.3. The summed E-state index contributed by atoms with van der Waals surface area (Å²) in [6, 6.07) is 100. The van der Waals surface area contributed by atoms with Gasteiger partial charge in [-0.15, -0.1) is 0 Å². The summed E-state index contributed by atoms with van der Waals surface area (Å²) in [4.78, 5) is 8.32. The molecule has 4 aliphatic heterocycles. The number of nitrogens with zero attached hydrogens (tertiary/aromatic N) is 3. The molecule has 4 heterocycles. The summed E-state index contributed by atoms with van der Waals surface area (Å²) in [5, 5.41) is 0. The van der Waals surface area contributed by atoms with Gasteiger partial charge in [-0.05, 0) is 146 Å². The Balaban J connectivity index is 1.06. The molecule has 2 saturated carbocycles. The van der Waals surface area contributed by atoms with E-state index in [0.29, 0.717) is 12.1 Å². The Kier molecular flexibility index (Phi) is 11.9. The number of piperidine rings is 2. The lowest BCUT2D eigenvalue weighted by Gasteiger charge is -2.57. The van der Waals surface area contributed by atoms with Gasteiger partial charge in [-0.25, -0.2) is 0 Å². The molecule has 11 aromatic rings. The number of anilines is 7. The predicted molar refractivity (Wildman–Crippen MR) is 352 cm³/mol. The molecule has 0 aromatic heterocycles. The van der Waals surface area contributed by atoms with Crippen LogP contribution < -0.4 is 31.1 Å². The van der Waals surface area contributed by atoms with Gasteiger partial charge < -0.3 is 14.7 Å². The van der Waals surface area contributed by atoms with Gasteiger partial charge in [-0.3, -0.25) is 0 Å². The van der Waals surface area contributed by atoms with Crippen LogP contribution in [-0.4, -0.2) is 18.8 Å². The molecule has 0 atom stereocenters. The second-order valence-electron chi connectivity index (χ2n) is 25.2. The minimum atomic E-state index is -0.117. The van der Waals surface area contributed by atoms with E-state index >= 15 is 0 Å². The maximum Gasteiger partial charge on any atom is 0.252 e. The second-order valence-corrected chi connectivity index (χ2v) is 25.2. The minimum absolute atomic E-state index is 0.00217. The normalized spacial score (nSPS) is 18.2. The number of para-hydroxylation sites is 2. The van der Waals surface area contributed by atoms with E-state index in [1.54, 1.807) is 0 Å². The zero-order valence-corrected chi connectivity index (χ0v) is 47.6. The lowest BCUT2D eigenvalue weighted by Crippen LogP contribution is -2.62. The largest absolute Gasteiger partial charge is 0.365 e. The third-order valence-electron chi connectivity index (χ3n) is 19.3. The summed E-state index contributed by atoms with van der Waals surface area (Å²) in [5.74, 6) is 1.70. The summed E-state index contributed by atoms with van der Waals surface area (Å²) in [6.45, 7) is 6.83. The van der Waals surface area contributed by atoms with Gasteiger partial charge in [0, 0.05) is 62.8 Å². The highest BCUT2D eigenvalue weighted by atomic mass is 15.2. The lowest BCUT2D eigenvalue weighted by molar-refractivity contribution is 0.0900. The molecule has 0 N–H and O–H groups in total. The van der Waals surface area contributed by atoms with E-state index in [2.05, 4.69) is 296 Å². The molecule has 2 saturated heterocycles. The molecule has 0 radical (unpaired) electrons. The van der Waals surface area contributed by atoms with Crippen LogP contribution in [0, 0.1) is 11.8 Å². The SMILES string of the molecule is CC(C)(C)c1ccc(-c2cc3c4c(c2)N(c2c(-c5ccccc5)cccc2-c2ccccc2)c2cc(N5C6CC7CC(C6)CC5C7)ccc2B4c2cc(-c4ccccc4)ccc2N3c2c(-c3ccccc3)cccc2-c2ccccc2)cc1. The first-order valence-electron chi connectivity index (χ1n) is 30.3. The zero-order chi connectivity index (χ0) is 55.3. The predicted octanol–water partition coefficient (Wildman–Crippen LogP) is 18.8. The van der Waals surface area contributed by atoms with Crippen molar-refractivity contribution in [2.24, 2.45) is 11.8 Å². The number of benzene rings is 11. The van der Waals surface area contributed by atoms with Gasteiger partial charge in [0.15, 0.2) is 0 Å². The fourth-order valence-corrected chi connectivity index (χ4v) is 15.7. The smallest absolute Gasteiger partial charge is 0.252 e. The van der Waals surface area contributed by atoms with Crippen molar-refractivity contribution < 1.29 is 0 Å². The average molecular weight is 1070 g/mol. The quantitative estimate of drug-likeness (QED) is 0.133. The van der Waals surface area contributed by atoms with Gasteiger partial charge in [0.25, 0.3) is 6.71 Å². The van der Waals surface area contributed by atoms with Crippen molar-refractivity contribution >= 4 is 62.9 Å². The van der Waals surface area contributed by atoms with Crippen molar-refractivity contribution in [3.05, 3.63) is 266 Å². The van der Waals surface area contributed by atoms with Crippen LogP contribution in [0.15, 0.2) is 261 Å². The Bertz CT molecular complexity index is 4100. The van der Waals surface area contributed by atoms with E-state index < -0.39 is 0 Å². The van der Waals surface area contributed by atoms with E-state index in [9.17, 15) is 0 Å². The Morgan fingerprint density at radius 3 is 1.20 bits per heavy atom. The molecule has 400 valence electrons. The van der Waals surface area contributed by atoms with E-state index in [1.807, 2.05) is 0 Å². The highest BCUT2D eigenvalue weighted by molar-refractivity contribution is 7.00. The Labute approximate surface area is 490 Å². The molecule has 0 spiro atoms. The number of hydrogen-bond donors (Lipinski definition) is 0. The van der Waals surface area contributed by atoms with Crippen molar-refractivity contribution in [1.29, 1.82) is 0 Å². The van der Waals surface area contributed by atoms with Crippen LogP contribution in [0.2, 0.25) is 0 Å². The van der Waals surface area contributed by atoms with Crippen molar-refractivity contribution in [3.8, 4) is 66.8 Å². The second kappa shape index (κ2) is 19.8. The molecule has 4 bridgehead atoms. The molecule has 2 aliphatic carbocycles. The van der Waals surface area contributed by atoms with Crippen LogP contribution >= 0.6 is 0 Å². The van der Waals surface area contributed by atoms with Gasteiger partial charge in [0.2, 0.25) is 0 Å². The maximum atomic E-state index is 2.90. The Morgan fingerprint density at radius 2 is 0.747 bits per heavy atom. The Morgan fingerprint density at radius 1 is 0.325 bits per heavy atom. The molecule has 0 unspecified atom stereocenters. The molecule has 83 heavy (non-hydrogen) atoms. The van der Waals surface area contributed by atoms with Crippen LogP contribution in [0.25, 0.3) is 66.8 Å². The molecular formula is C79H66BN3. The van der Waals surface area contributed by atoms with Crippen molar-refractivity contribution in [1.82, 2.24) is 0 Å². The maximum absolute atomic E-state index is 2.90. The van der Waals surface area contributed by atoms with Crippen molar-refractivity contribution in [2.75, 3.05) is 14.7 Å². The molecule has 0 amide bonds. The van der Waals surface area contributed by atoms with E-state index in [0.717, 1.165) is 17.5 Å². The van der Waals surface area contributed by atoms with Crippen LogP contribution in [0.1, 0.15) is 58.4 Å².